The van der Waals surface area contributed by atoms with Crippen molar-refractivity contribution in [3.05, 3.63) is 51.8 Å². The molecule has 0 fully saturated rings. The highest BCUT2D eigenvalue weighted by Gasteiger charge is 2.14. The second kappa shape index (κ2) is 4.87. The van der Waals surface area contributed by atoms with Gasteiger partial charge in [-0.25, -0.2) is 5.10 Å². The Kier molecular flexibility index (Phi) is 3.27. The van der Waals surface area contributed by atoms with Crippen LogP contribution < -0.4 is 10.9 Å². The largest absolute Gasteiger partial charge is 0.464 e. The van der Waals surface area contributed by atoms with Gasteiger partial charge in [0.1, 0.15) is 17.2 Å². The molecule has 2 rings (SSSR count). The van der Waals surface area contributed by atoms with E-state index in [9.17, 15) is 9.59 Å². The van der Waals surface area contributed by atoms with Crippen molar-refractivity contribution >= 4 is 5.91 Å². The van der Waals surface area contributed by atoms with Gasteiger partial charge < -0.3 is 9.73 Å². The number of hydrogen-bond acceptors (Lipinski definition) is 4. The molecule has 6 nitrogen and oxygen atoms in total. The van der Waals surface area contributed by atoms with Crippen LogP contribution in [0.5, 0.6) is 0 Å². The number of amides is 1. The van der Waals surface area contributed by atoms with Crippen molar-refractivity contribution in [3.63, 3.8) is 0 Å². The first-order chi connectivity index (χ1) is 8.56. The van der Waals surface area contributed by atoms with Crippen LogP contribution in [0, 0.1) is 6.92 Å². The molecule has 0 saturated carbocycles. The normalized spacial score (nSPS) is 12.1. The van der Waals surface area contributed by atoms with Crippen LogP contribution in [-0.4, -0.2) is 16.1 Å². The molecule has 0 aliphatic carbocycles. The van der Waals surface area contributed by atoms with Crippen molar-refractivity contribution in [2.24, 2.45) is 0 Å². The van der Waals surface area contributed by atoms with E-state index in [1.807, 2.05) is 19.9 Å². The molecular formula is C12H13N3O3. The second-order valence-corrected chi connectivity index (χ2v) is 3.95. The van der Waals surface area contributed by atoms with Gasteiger partial charge in [-0.2, -0.15) is 5.10 Å². The first kappa shape index (κ1) is 12.1. The molecule has 18 heavy (non-hydrogen) atoms. The Hall–Kier alpha value is -2.37. The van der Waals surface area contributed by atoms with E-state index in [1.165, 1.54) is 12.1 Å². The summed E-state index contributed by atoms with van der Waals surface area (Å²) in [6, 6.07) is 5.99. The van der Waals surface area contributed by atoms with E-state index in [1.54, 1.807) is 6.07 Å². The van der Waals surface area contributed by atoms with Gasteiger partial charge in [-0.05, 0) is 32.0 Å². The fourth-order valence-electron chi connectivity index (χ4n) is 1.50. The molecule has 2 N–H and O–H groups in total. The molecule has 0 saturated heterocycles. The molecule has 1 atom stereocenters. The van der Waals surface area contributed by atoms with Gasteiger partial charge in [-0.3, -0.25) is 9.59 Å². The Morgan fingerprint density at radius 3 is 2.72 bits per heavy atom. The number of H-pyrrole nitrogens is 1. The van der Waals surface area contributed by atoms with E-state index in [0.717, 1.165) is 5.76 Å². The smallest absolute Gasteiger partial charge is 0.272 e. The van der Waals surface area contributed by atoms with Crippen molar-refractivity contribution in [2.75, 3.05) is 0 Å². The molecule has 1 amide bonds. The lowest BCUT2D eigenvalue weighted by molar-refractivity contribution is 0.0929. The summed E-state index contributed by atoms with van der Waals surface area (Å²) >= 11 is 0. The summed E-state index contributed by atoms with van der Waals surface area (Å²) in [5, 5.41) is 8.59. The highest BCUT2D eigenvalue weighted by atomic mass is 16.3. The predicted molar refractivity (Wildman–Crippen MR) is 64.2 cm³/mol. The summed E-state index contributed by atoms with van der Waals surface area (Å²) in [7, 11) is 0. The fourth-order valence-corrected chi connectivity index (χ4v) is 1.50. The second-order valence-electron chi connectivity index (χ2n) is 3.95. The van der Waals surface area contributed by atoms with Crippen LogP contribution in [-0.2, 0) is 0 Å². The average molecular weight is 247 g/mol. The van der Waals surface area contributed by atoms with E-state index in [4.69, 9.17) is 4.42 Å². The third-order valence-corrected chi connectivity index (χ3v) is 2.45. The zero-order valence-electron chi connectivity index (χ0n) is 10.1. The van der Waals surface area contributed by atoms with E-state index >= 15 is 0 Å². The van der Waals surface area contributed by atoms with Crippen molar-refractivity contribution in [2.45, 2.75) is 19.9 Å². The van der Waals surface area contributed by atoms with Gasteiger partial charge in [0.05, 0.1) is 6.04 Å². The summed E-state index contributed by atoms with van der Waals surface area (Å²) in [5.41, 5.74) is -0.189. The van der Waals surface area contributed by atoms with Gasteiger partial charge in [-0.15, -0.1) is 0 Å². The average Bonchev–Trinajstić information content (AvgIpc) is 2.76. The molecule has 2 aromatic rings. The van der Waals surface area contributed by atoms with Crippen LogP contribution in [0.1, 0.15) is 35.0 Å². The number of rotatable bonds is 3. The zero-order chi connectivity index (χ0) is 13.1. The number of carbonyl (C=O) groups is 1. The number of nitrogens with zero attached hydrogens (tertiary/aromatic N) is 1. The quantitative estimate of drug-likeness (QED) is 0.851. The fraction of sp³-hybridized carbons (Fsp3) is 0.250. The van der Waals surface area contributed by atoms with E-state index in [0.29, 0.717) is 5.76 Å². The lowest BCUT2D eigenvalue weighted by Crippen LogP contribution is -2.28. The van der Waals surface area contributed by atoms with E-state index < -0.39 is 0 Å². The highest BCUT2D eigenvalue weighted by Crippen LogP contribution is 2.15. The van der Waals surface area contributed by atoms with Crippen molar-refractivity contribution in [3.8, 4) is 0 Å². The molecule has 6 heteroatoms. The summed E-state index contributed by atoms with van der Waals surface area (Å²) in [6.07, 6.45) is 0. The third kappa shape index (κ3) is 2.65. The Balaban J connectivity index is 2.07. The van der Waals surface area contributed by atoms with Gasteiger partial charge >= 0.3 is 0 Å². The number of hydrogen-bond donors (Lipinski definition) is 2. The molecule has 2 aromatic heterocycles. The van der Waals surface area contributed by atoms with Gasteiger partial charge in [0, 0.05) is 6.07 Å². The first-order valence-corrected chi connectivity index (χ1v) is 5.49. The van der Waals surface area contributed by atoms with Crippen LogP contribution >= 0.6 is 0 Å². The van der Waals surface area contributed by atoms with Crippen LogP contribution in [0.3, 0.4) is 0 Å². The zero-order valence-corrected chi connectivity index (χ0v) is 10.1. The summed E-state index contributed by atoms with van der Waals surface area (Å²) < 4.78 is 5.41. The van der Waals surface area contributed by atoms with Crippen molar-refractivity contribution in [1.29, 1.82) is 0 Å². The van der Waals surface area contributed by atoms with Crippen LogP contribution in [0.25, 0.3) is 0 Å². The number of nitrogens with one attached hydrogen (secondary N) is 2. The monoisotopic (exact) mass is 247 g/mol. The number of carbonyl (C=O) groups excluding carboxylic acids is 1. The van der Waals surface area contributed by atoms with E-state index in [2.05, 4.69) is 15.5 Å². The predicted octanol–water partition coefficient (Wildman–Crippen LogP) is 1.16. The lowest BCUT2D eigenvalue weighted by atomic mass is 10.2. The molecule has 0 aromatic carbocycles. The van der Waals surface area contributed by atoms with Gasteiger partial charge in [-0.1, -0.05) is 0 Å². The molecule has 94 valence electrons. The summed E-state index contributed by atoms with van der Waals surface area (Å²) in [5.74, 6) is 1.09. The van der Waals surface area contributed by atoms with Crippen molar-refractivity contribution < 1.29 is 9.21 Å². The Morgan fingerprint density at radius 2 is 2.17 bits per heavy atom. The topological polar surface area (TPSA) is 88.0 Å². The molecule has 0 bridgehead atoms. The number of aryl methyl sites for hydroxylation is 1. The van der Waals surface area contributed by atoms with Gasteiger partial charge in [0.25, 0.3) is 11.5 Å². The minimum Gasteiger partial charge on any atom is -0.464 e. The first-order valence-electron chi connectivity index (χ1n) is 5.49. The Labute approximate surface area is 103 Å². The molecule has 0 aliphatic heterocycles. The van der Waals surface area contributed by atoms with Crippen molar-refractivity contribution in [1.82, 2.24) is 15.5 Å². The number of aromatic amines is 1. The Bertz CT molecular complexity index is 595. The molecule has 0 aliphatic rings. The minimum absolute atomic E-state index is 0.157. The highest BCUT2D eigenvalue weighted by molar-refractivity contribution is 5.92. The van der Waals surface area contributed by atoms with Crippen LogP contribution in [0.2, 0.25) is 0 Å². The van der Waals surface area contributed by atoms with Crippen LogP contribution in [0.15, 0.2) is 33.5 Å². The number of aromatic nitrogens is 2. The SMILES string of the molecule is Cc1ccc(C(C)NC(=O)c2ccc(=O)[nH]n2)o1. The van der Waals surface area contributed by atoms with Gasteiger partial charge in [0.2, 0.25) is 0 Å². The molecule has 0 radical (unpaired) electrons. The molecule has 1 unspecified atom stereocenters. The number of furan rings is 1. The molecular weight excluding hydrogens is 234 g/mol. The standard InChI is InChI=1S/C12H13N3O3/c1-7-3-5-10(18-7)8(2)13-12(17)9-4-6-11(16)15-14-9/h3-6,8H,1-2H3,(H,13,17)(H,15,16). The Morgan fingerprint density at radius 1 is 1.39 bits per heavy atom. The summed E-state index contributed by atoms with van der Waals surface area (Å²) in [4.78, 5) is 22.6. The van der Waals surface area contributed by atoms with E-state index in [-0.39, 0.29) is 23.2 Å². The minimum atomic E-state index is -0.368. The lowest BCUT2D eigenvalue weighted by Gasteiger charge is -2.10. The maximum atomic E-state index is 11.8. The molecule has 0 spiro atoms. The van der Waals surface area contributed by atoms with Gasteiger partial charge in [0.15, 0.2) is 0 Å². The maximum Gasteiger partial charge on any atom is 0.272 e. The third-order valence-electron chi connectivity index (χ3n) is 2.45. The molecule has 2 heterocycles. The summed E-state index contributed by atoms with van der Waals surface area (Å²) in [6.45, 7) is 3.64. The van der Waals surface area contributed by atoms with Crippen LogP contribution in [0.4, 0.5) is 0 Å². The maximum absolute atomic E-state index is 11.8.